The molecule has 3 amide bonds. The van der Waals surface area contributed by atoms with Gasteiger partial charge in [-0.05, 0) is 36.8 Å². The fourth-order valence-corrected chi connectivity index (χ4v) is 4.95. The van der Waals surface area contributed by atoms with E-state index in [0.717, 1.165) is 17.5 Å². The number of carbonyl (C=O) groups excluding carboxylic acids is 5. The lowest BCUT2D eigenvalue weighted by Crippen LogP contribution is -2.51. The Balaban J connectivity index is 1.52. The third-order valence-corrected chi connectivity index (χ3v) is 7.23. The lowest BCUT2D eigenvalue weighted by Gasteiger charge is -2.27. The van der Waals surface area contributed by atoms with Gasteiger partial charge in [0.05, 0.1) is 17.8 Å². The molecule has 0 unspecified atom stereocenters. The molecule has 1 saturated heterocycles. The summed E-state index contributed by atoms with van der Waals surface area (Å²) in [6.45, 7) is 0.694. The molecular weight excluding hydrogens is 522 g/mol. The first kappa shape index (κ1) is 29.4. The molecule has 1 fully saturated rings. The Labute approximate surface area is 238 Å². The number of piperidine rings is 1. The van der Waals surface area contributed by atoms with Crippen LogP contribution in [0.25, 0.3) is 0 Å². The van der Waals surface area contributed by atoms with E-state index in [1.807, 2.05) is 60.7 Å². The topological polar surface area (TPSA) is 139 Å². The van der Waals surface area contributed by atoms with Gasteiger partial charge in [0.15, 0.2) is 5.78 Å². The van der Waals surface area contributed by atoms with Crippen LogP contribution in [0.1, 0.15) is 47.2 Å². The number of carbonyl (C=O) groups is 5. The number of ketones is 2. The minimum Gasteiger partial charge on any atom is -0.356 e. The van der Waals surface area contributed by atoms with Crippen LogP contribution in [0.15, 0.2) is 73.1 Å². The largest absolute Gasteiger partial charge is 0.356 e. The van der Waals surface area contributed by atoms with Crippen LogP contribution in [0.2, 0.25) is 0 Å². The predicted molar refractivity (Wildman–Crippen MR) is 151 cm³/mol. The van der Waals surface area contributed by atoms with Gasteiger partial charge in [0.2, 0.25) is 17.6 Å². The summed E-state index contributed by atoms with van der Waals surface area (Å²) >= 11 is 0. The van der Waals surface area contributed by atoms with Gasteiger partial charge < -0.3 is 16.0 Å². The molecule has 0 spiro atoms. The van der Waals surface area contributed by atoms with Crippen LogP contribution in [0, 0.1) is 11.8 Å². The molecule has 3 aromatic rings. The summed E-state index contributed by atoms with van der Waals surface area (Å²) in [6, 6.07) is 17.2. The molecule has 2 aromatic carbocycles. The van der Waals surface area contributed by atoms with Crippen LogP contribution in [-0.4, -0.2) is 51.7 Å². The Morgan fingerprint density at radius 1 is 1.02 bits per heavy atom. The number of amides is 3. The standard InChI is InChI=1S/C31H35N5O5/c1-36-20-25(19-34-36)27(37)17-24(15-21-9-4-2-5-10-21)30(40)35-26(16-23-13-8-14-32-29(23)39)28(38)31(41)33-18-22-11-6-3-7-12-22/h2-7,9-12,19-20,23-24,26H,8,13-18H2,1H3,(H,32,39)(H,33,41)(H,35,40)/t23-,24+,26-/m0/s1. The molecule has 1 aliphatic heterocycles. The van der Waals surface area contributed by atoms with Crippen molar-refractivity contribution in [3.8, 4) is 0 Å². The van der Waals surface area contributed by atoms with Gasteiger partial charge in [-0.25, -0.2) is 0 Å². The van der Waals surface area contributed by atoms with E-state index in [9.17, 15) is 24.0 Å². The molecule has 1 aliphatic rings. The third-order valence-electron chi connectivity index (χ3n) is 7.23. The Morgan fingerprint density at radius 3 is 2.34 bits per heavy atom. The van der Waals surface area contributed by atoms with Crippen LogP contribution >= 0.6 is 0 Å². The van der Waals surface area contributed by atoms with Crippen LogP contribution in [0.5, 0.6) is 0 Å². The van der Waals surface area contributed by atoms with E-state index in [2.05, 4.69) is 21.0 Å². The van der Waals surface area contributed by atoms with Crippen molar-refractivity contribution >= 4 is 29.3 Å². The highest BCUT2D eigenvalue weighted by Gasteiger charge is 2.35. The van der Waals surface area contributed by atoms with Gasteiger partial charge in [0.25, 0.3) is 5.91 Å². The molecule has 0 saturated carbocycles. The first-order valence-corrected chi connectivity index (χ1v) is 13.8. The summed E-state index contributed by atoms with van der Waals surface area (Å²) in [5.74, 6) is -4.01. The highest BCUT2D eigenvalue weighted by Crippen LogP contribution is 2.21. The van der Waals surface area contributed by atoms with Gasteiger partial charge in [0.1, 0.15) is 0 Å². The van der Waals surface area contributed by atoms with Gasteiger partial charge in [-0.1, -0.05) is 60.7 Å². The quantitative estimate of drug-likeness (QED) is 0.217. The third kappa shape index (κ3) is 8.44. The van der Waals surface area contributed by atoms with E-state index in [-0.39, 0.29) is 37.5 Å². The van der Waals surface area contributed by atoms with Crippen molar-refractivity contribution in [2.24, 2.45) is 18.9 Å². The van der Waals surface area contributed by atoms with Crippen LogP contribution in [0.4, 0.5) is 0 Å². The SMILES string of the molecule is Cn1cc(C(=O)C[C@@H](Cc2ccccc2)C(=O)N[C@@H](C[C@@H]2CCCNC2=O)C(=O)C(=O)NCc2ccccc2)cn1. The minimum absolute atomic E-state index is 0.0101. The van der Waals surface area contributed by atoms with Gasteiger partial charge in [0, 0.05) is 44.6 Å². The first-order chi connectivity index (χ1) is 19.8. The second kappa shape index (κ2) is 14.2. The maximum atomic E-state index is 13.7. The lowest BCUT2D eigenvalue weighted by molar-refractivity contribution is -0.141. The van der Waals surface area contributed by atoms with Gasteiger partial charge >= 0.3 is 0 Å². The first-order valence-electron chi connectivity index (χ1n) is 13.8. The van der Waals surface area contributed by atoms with Crippen molar-refractivity contribution in [1.82, 2.24) is 25.7 Å². The Bertz CT molecular complexity index is 1370. The molecule has 0 bridgehead atoms. The summed E-state index contributed by atoms with van der Waals surface area (Å²) in [5.41, 5.74) is 2.05. The van der Waals surface area contributed by atoms with Crippen LogP contribution in [-0.2, 0) is 39.2 Å². The molecule has 3 atom stereocenters. The predicted octanol–water partition coefficient (Wildman–Crippen LogP) is 2.14. The average molecular weight is 558 g/mol. The van der Waals surface area contributed by atoms with E-state index in [1.165, 1.54) is 10.9 Å². The molecule has 41 heavy (non-hydrogen) atoms. The van der Waals surface area contributed by atoms with Gasteiger partial charge in [-0.15, -0.1) is 0 Å². The molecule has 1 aromatic heterocycles. The second-order valence-electron chi connectivity index (χ2n) is 10.4. The second-order valence-corrected chi connectivity index (χ2v) is 10.4. The van der Waals surface area contributed by atoms with E-state index >= 15 is 0 Å². The summed E-state index contributed by atoms with van der Waals surface area (Å²) in [7, 11) is 1.70. The summed E-state index contributed by atoms with van der Waals surface area (Å²) in [6.07, 6.45) is 4.45. The van der Waals surface area contributed by atoms with Crippen molar-refractivity contribution in [3.63, 3.8) is 0 Å². The molecular formula is C31H35N5O5. The zero-order chi connectivity index (χ0) is 29.2. The molecule has 2 heterocycles. The van der Waals surface area contributed by atoms with Crippen LogP contribution in [0.3, 0.4) is 0 Å². The van der Waals surface area contributed by atoms with E-state index in [4.69, 9.17) is 0 Å². The van der Waals surface area contributed by atoms with E-state index in [1.54, 1.807) is 13.2 Å². The van der Waals surface area contributed by atoms with Crippen molar-refractivity contribution in [1.29, 1.82) is 0 Å². The van der Waals surface area contributed by atoms with Gasteiger partial charge in [-0.3, -0.25) is 28.7 Å². The number of nitrogens with zero attached hydrogens (tertiary/aromatic N) is 2. The monoisotopic (exact) mass is 557 g/mol. The zero-order valence-corrected chi connectivity index (χ0v) is 23.0. The molecule has 4 rings (SSSR count). The van der Waals surface area contributed by atoms with E-state index < -0.39 is 35.5 Å². The average Bonchev–Trinajstić information content (AvgIpc) is 3.43. The smallest absolute Gasteiger partial charge is 0.289 e. The number of rotatable bonds is 13. The number of benzene rings is 2. The number of aromatic nitrogens is 2. The number of Topliss-reactive ketones (excluding diaryl/α,β-unsaturated/α-hetero) is 2. The summed E-state index contributed by atoms with van der Waals surface area (Å²) < 4.78 is 1.51. The maximum absolute atomic E-state index is 13.7. The lowest BCUT2D eigenvalue weighted by atomic mass is 9.88. The molecule has 3 N–H and O–H groups in total. The maximum Gasteiger partial charge on any atom is 0.289 e. The Hall–Kier alpha value is -4.60. The molecule has 10 heteroatoms. The highest BCUT2D eigenvalue weighted by molar-refractivity contribution is 6.38. The molecule has 0 radical (unpaired) electrons. The van der Waals surface area contributed by atoms with Crippen molar-refractivity contribution in [2.45, 2.75) is 44.7 Å². The highest BCUT2D eigenvalue weighted by atomic mass is 16.2. The normalized spacial score (nSPS) is 16.2. The van der Waals surface area contributed by atoms with Crippen molar-refractivity contribution in [3.05, 3.63) is 89.7 Å². The molecule has 0 aliphatic carbocycles. The summed E-state index contributed by atoms with van der Waals surface area (Å²) in [4.78, 5) is 65.5. The van der Waals surface area contributed by atoms with Crippen LogP contribution < -0.4 is 16.0 Å². The number of nitrogens with one attached hydrogen (secondary N) is 3. The fourth-order valence-electron chi connectivity index (χ4n) is 4.95. The fraction of sp³-hybridized carbons (Fsp3) is 0.355. The minimum atomic E-state index is -1.22. The number of hydrogen-bond donors (Lipinski definition) is 3. The molecule has 10 nitrogen and oxygen atoms in total. The Morgan fingerprint density at radius 2 is 1.71 bits per heavy atom. The number of aryl methyl sites for hydroxylation is 1. The molecule has 214 valence electrons. The van der Waals surface area contributed by atoms with Gasteiger partial charge in [-0.2, -0.15) is 5.10 Å². The van der Waals surface area contributed by atoms with Crippen molar-refractivity contribution in [2.75, 3.05) is 6.54 Å². The Kier molecular flexibility index (Phi) is 10.1. The zero-order valence-electron chi connectivity index (χ0n) is 23.0. The summed E-state index contributed by atoms with van der Waals surface area (Å²) in [5, 5.41) is 12.2. The number of hydrogen-bond acceptors (Lipinski definition) is 6. The van der Waals surface area contributed by atoms with E-state index in [0.29, 0.717) is 18.5 Å². The van der Waals surface area contributed by atoms with Crippen molar-refractivity contribution < 1.29 is 24.0 Å².